The van der Waals surface area contributed by atoms with Crippen LogP contribution < -0.4 is 0 Å². The molecular formula is C18H30N2O3. The zero-order valence-electron chi connectivity index (χ0n) is 14.3. The predicted octanol–water partition coefficient (Wildman–Crippen LogP) is 2.20. The van der Waals surface area contributed by atoms with Crippen LogP contribution >= 0.6 is 0 Å². The Morgan fingerprint density at radius 3 is 2.17 bits per heavy atom. The third kappa shape index (κ3) is 4.06. The van der Waals surface area contributed by atoms with Gasteiger partial charge in [0.2, 0.25) is 5.91 Å². The van der Waals surface area contributed by atoms with E-state index < -0.39 is 0 Å². The molecule has 2 heterocycles. The highest BCUT2D eigenvalue weighted by Crippen LogP contribution is 2.27. The molecule has 3 fully saturated rings. The van der Waals surface area contributed by atoms with Crippen molar-refractivity contribution in [2.24, 2.45) is 5.92 Å². The van der Waals surface area contributed by atoms with Crippen LogP contribution in [0.15, 0.2) is 0 Å². The summed E-state index contributed by atoms with van der Waals surface area (Å²) in [5.41, 5.74) is 0. The van der Waals surface area contributed by atoms with Crippen LogP contribution in [0.4, 0.5) is 0 Å². The van der Waals surface area contributed by atoms with Crippen molar-refractivity contribution >= 4 is 11.9 Å². The maximum absolute atomic E-state index is 12.5. The first-order valence-corrected chi connectivity index (χ1v) is 9.34. The van der Waals surface area contributed by atoms with E-state index in [2.05, 4.69) is 4.90 Å². The number of carbonyl (C=O) groups is 2. The van der Waals surface area contributed by atoms with Gasteiger partial charge < -0.3 is 9.64 Å². The first-order chi connectivity index (χ1) is 11.1. The minimum absolute atomic E-state index is 0.00749. The molecule has 3 aliphatic rings. The number of amides is 1. The molecule has 0 N–H and O–H groups in total. The van der Waals surface area contributed by atoms with Crippen molar-refractivity contribution in [3.63, 3.8) is 0 Å². The average Bonchev–Trinajstić information content (AvgIpc) is 3.02. The molecule has 1 amide bonds. The Morgan fingerprint density at radius 1 is 0.870 bits per heavy atom. The summed E-state index contributed by atoms with van der Waals surface area (Å²) >= 11 is 0. The number of hydrogen-bond acceptors (Lipinski definition) is 4. The summed E-state index contributed by atoms with van der Waals surface area (Å²) in [4.78, 5) is 28.9. The van der Waals surface area contributed by atoms with Crippen molar-refractivity contribution < 1.29 is 14.3 Å². The summed E-state index contributed by atoms with van der Waals surface area (Å²) in [5, 5.41) is 0. The number of likely N-dealkylation sites (tertiary alicyclic amines) is 2. The van der Waals surface area contributed by atoms with Crippen LogP contribution in [0.3, 0.4) is 0 Å². The van der Waals surface area contributed by atoms with Crippen molar-refractivity contribution in [1.29, 1.82) is 0 Å². The lowest BCUT2D eigenvalue weighted by atomic mass is 9.88. The van der Waals surface area contributed by atoms with Crippen molar-refractivity contribution in [2.45, 2.75) is 69.9 Å². The molecule has 0 aromatic rings. The third-order valence-corrected chi connectivity index (χ3v) is 5.78. The summed E-state index contributed by atoms with van der Waals surface area (Å²) in [5.74, 6) is 0.516. The Balaban J connectivity index is 1.43. The smallest absolute Gasteiger partial charge is 0.323 e. The molecule has 5 heteroatoms. The van der Waals surface area contributed by atoms with Crippen LogP contribution in [-0.4, -0.2) is 60.5 Å². The molecule has 0 radical (unpaired) electrons. The largest absolute Gasteiger partial charge is 0.461 e. The molecule has 23 heavy (non-hydrogen) atoms. The second kappa shape index (κ2) is 7.65. The summed E-state index contributed by atoms with van der Waals surface area (Å²) in [6.07, 6.45) is 9.34. The van der Waals surface area contributed by atoms with Crippen molar-refractivity contribution in [2.75, 3.05) is 26.7 Å². The molecule has 5 nitrogen and oxygen atoms in total. The SMILES string of the molecule is CN1CCC[C@@H]1C(=O)OC1CCN(C(=O)C2CCCCC2)CC1. The number of nitrogens with zero attached hydrogens (tertiary/aromatic N) is 2. The Hall–Kier alpha value is -1.10. The van der Waals surface area contributed by atoms with Crippen molar-refractivity contribution in [1.82, 2.24) is 9.80 Å². The van der Waals surface area contributed by atoms with Gasteiger partial charge in [-0.15, -0.1) is 0 Å². The predicted molar refractivity (Wildman–Crippen MR) is 87.9 cm³/mol. The molecule has 0 aromatic carbocycles. The number of likely N-dealkylation sites (N-methyl/N-ethyl adjacent to an activating group) is 1. The van der Waals surface area contributed by atoms with Gasteiger partial charge in [-0.25, -0.2) is 0 Å². The summed E-state index contributed by atoms with van der Waals surface area (Å²) in [7, 11) is 1.99. The number of ether oxygens (including phenoxy) is 1. The van der Waals surface area contributed by atoms with Gasteiger partial charge >= 0.3 is 5.97 Å². The lowest BCUT2D eigenvalue weighted by Gasteiger charge is -2.35. The van der Waals surface area contributed by atoms with Gasteiger partial charge in [0, 0.05) is 31.8 Å². The number of esters is 1. The highest BCUT2D eigenvalue weighted by molar-refractivity contribution is 5.79. The highest BCUT2D eigenvalue weighted by atomic mass is 16.5. The monoisotopic (exact) mass is 322 g/mol. The fourth-order valence-electron chi connectivity index (χ4n) is 4.25. The molecule has 2 saturated heterocycles. The molecule has 130 valence electrons. The third-order valence-electron chi connectivity index (χ3n) is 5.78. The zero-order chi connectivity index (χ0) is 16.2. The summed E-state index contributed by atoms with van der Waals surface area (Å²) in [6, 6.07) is -0.0584. The van der Waals surface area contributed by atoms with Crippen molar-refractivity contribution in [3.05, 3.63) is 0 Å². The van der Waals surface area contributed by atoms with Gasteiger partial charge in [-0.05, 0) is 39.3 Å². The molecule has 2 aliphatic heterocycles. The average molecular weight is 322 g/mol. The minimum Gasteiger partial charge on any atom is -0.461 e. The Bertz CT molecular complexity index is 426. The molecule has 1 atom stereocenters. The van der Waals surface area contributed by atoms with Crippen LogP contribution in [0.1, 0.15) is 57.8 Å². The number of piperidine rings is 1. The quantitative estimate of drug-likeness (QED) is 0.748. The molecule has 1 saturated carbocycles. The van der Waals surface area contributed by atoms with E-state index in [0.717, 1.165) is 58.2 Å². The standard InChI is InChI=1S/C18H30N2O3/c1-19-11-5-8-16(19)18(22)23-15-9-12-20(13-10-15)17(21)14-6-3-2-4-7-14/h14-16H,2-13H2,1H3/t16-/m1/s1. The topological polar surface area (TPSA) is 49.9 Å². The van der Waals surface area contributed by atoms with E-state index in [1.165, 1.54) is 19.3 Å². The normalized spacial score (nSPS) is 28.0. The lowest BCUT2D eigenvalue weighted by molar-refractivity contribution is -0.157. The number of rotatable bonds is 3. The Labute approximate surface area is 139 Å². The van der Waals surface area contributed by atoms with Gasteiger partial charge in [-0.3, -0.25) is 14.5 Å². The summed E-state index contributed by atoms with van der Waals surface area (Å²) < 4.78 is 5.70. The molecule has 0 bridgehead atoms. The molecule has 3 rings (SSSR count). The fraction of sp³-hybridized carbons (Fsp3) is 0.889. The van der Waals surface area contributed by atoms with Crippen LogP contribution in [0.5, 0.6) is 0 Å². The maximum Gasteiger partial charge on any atom is 0.323 e. The number of carbonyl (C=O) groups excluding carboxylic acids is 2. The van der Waals surface area contributed by atoms with Crippen LogP contribution in [-0.2, 0) is 14.3 Å². The fourth-order valence-corrected chi connectivity index (χ4v) is 4.25. The van der Waals surface area contributed by atoms with Gasteiger partial charge in [0.05, 0.1) is 0 Å². The van der Waals surface area contributed by atoms with E-state index in [4.69, 9.17) is 4.74 Å². The van der Waals surface area contributed by atoms with Gasteiger partial charge in [0.1, 0.15) is 12.1 Å². The van der Waals surface area contributed by atoms with E-state index in [1.54, 1.807) is 0 Å². The second-order valence-electron chi connectivity index (χ2n) is 7.44. The van der Waals surface area contributed by atoms with Gasteiger partial charge in [-0.1, -0.05) is 19.3 Å². The van der Waals surface area contributed by atoms with E-state index in [9.17, 15) is 9.59 Å². The zero-order valence-corrected chi connectivity index (χ0v) is 14.3. The lowest BCUT2D eigenvalue weighted by Crippen LogP contribution is -2.45. The maximum atomic E-state index is 12.5. The van der Waals surface area contributed by atoms with E-state index in [-0.39, 0.29) is 24.0 Å². The Morgan fingerprint density at radius 2 is 1.57 bits per heavy atom. The molecule has 0 unspecified atom stereocenters. The van der Waals surface area contributed by atoms with E-state index in [0.29, 0.717) is 5.91 Å². The molecule has 0 aromatic heterocycles. The molecule has 1 aliphatic carbocycles. The first-order valence-electron chi connectivity index (χ1n) is 9.34. The highest BCUT2D eigenvalue weighted by Gasteiger charge is 2.33. The second-order valence-corrected chi connectivity index (χ2v) is 7.44. The Kier molecular flexibility index (Phi) is 5.57. The van der Waals surface area contributed by atoms with Gasteiger partial charge in [0.15, 0.2) is 0 Å². The first kappa shape index (κ1) is 16.7. The van der Waals surface area contributed by atoms with E-state index >= 15 is 0 Å². The van der Waals surface area contributed by atoms with Gasteiger partial charge in [0.25, 0.3) is 0 Å². The molecular weight excluding hydrogens is 292 g/mol. The van der Waals surface area contributed by atoms with Crippen molar-refractivity contribution in [3.8, 4) is 0 Å². The van der Waals surface area contributed by atoms with Crippen LogP contribution in [0.25, 0.3) is 0 Å². The number of hydrogen-bond donors (Lipinski definition) is 0. The van der Waals surface area contributed by atoms with E-state index in [1.807, 2.05) is 11.9 Å². The van der Waals surface area contributed by atoms with Gasteiger partial charge in [-0.2, -0.15) is 0 Å². The minimum atomic E-state index is -0.0675. The summed E-state index contributed by atoms with van der Waals surface area (Å²) in [6.45, 7) is 2.47. The van der Waals surface area contributed by atoms with Crippen LogP contribution in [0, 0.1) is 5.92 Å². The van der Waals surface area contributed by atoms with Crippen LogP contribution in [0.2, 0.25) is 0 Å². The molecule has 0 spiro atoms.